The lowest BCUT2D eigenvalue weighted by Gasteiger charge is -2.09. The van der Waals surface area contributed by atoms with Crippen LogP contribution in [0.5, 0.6) is 11.5 Å². The van der Waals surface area contributed by atoms with Crippen LogP contribution >= 0.6 is 0 Å². The summed E-state index contributed by atoms with van der Waals surface area (Å²) < 4.78 is 10.3. The third-order valence-corrected chi connectivity index (χ3v) is 2.77. The number of hydrogen-bond donors (Lipinski definition) is 3. The van der Waals surface area contributed by atoms with Crippen molar-refractivity contribution >= 4 is 17.3 Å². The zero-order valence-electron chi connectivity index (χ0n) is 11.7. The van der Waals surface area contributed by atoms with Crippen LogP contribution in [-0.2, 0) is 0 Å². The summed E-state index contributed by atoms with van der Waals surface area (Å²) in [7, 11) is 3.08. The zero-order valence-corrected chi connectivity index (χ0v) is 11.7. The lowest BCUT2D eigenvalue weighted by atomic mass is 10.2. The first-order valence-corrected chi connectivity index (χ1v) is 6.13. The van der Waals surface area contributed by atoms with E-state index in [4.69, 9.17) is 15.3 Å². The predicted octanol–water partition coefficient (Wildman–Crippen LogP) is 1.64. The third-order valence-electron chi connectivity index (χ3n) is 2.77. The number of carbonyl (C=O) groups excluding carboxylic acids is 1. The minimum atomic E-state index is -0.339. The fraction of sp³-hybridized carbons (Fsp3) is 0.143. The molecule has 0 fully saturated rings. The summed E-state index contributed by atoms with van der Waals surface area (Å²) in [5.41, 5.74) is 3.89. The van der Waals surface area contributed by atoms with Gasteiger partial charge in [-0.1, -0.05) is 0 Å². The number of benzene rings is 1. The number of aromatic nitrogens is 1. The van der Waals surface area contributed by atoms with Gasteiger partial charge in [-0.2, -0.15) is 0 Å². The Hall–Kier alpha value is -2.80. The number of hydrazine groups is 1. The van der Waals surface area contributed by atoms with Gasteiger partial charge in [0.25, 0.3) is 5.91 Å². The summed E-state index contributed by atoms with van der Waals surface area (Å²) in [6.45, 7) is 0. The third kappa shape index (κ3) is 3.61. The summed E-state index contributed by atoms with van der Waals surface area (Å²) in [6.07, 6.45) is 1.47. The first kappa shape index (κ1) is 14.6. The van der Waals surface area contributed by atoms with Gasteiger partial charge in [-0.05, 0) is 12.1 Å². The molecule has 0 aliphatic rings. The molecule has 21 heavy (non-hydrogen) atoms. The average Bonchev–Trinajstić information content (AvgIpc) is 2.54. The second-order valence-corrected chi connectivity index (χ2v) is 4.13. The molecule has 0 atom stereocenters. The van der Waals surface area contributed by atoms with E-state index < -0.39 is 0 Å². The number of rotatable bonds is 5. The molecule has 1 heterocycles. The normalized spacial score (nSPS) is 9.86. The van der Waals surface area contributed by atoms with Crippen LogP contribution < -0.4 is 26.1 Å². The smallest absolute Gasteiger partial charge is 0.274 e. The molecule has 1 aromatic heterocycles. The number of anilines is 2. The van der Waals surface area contributed by atoms with Gasteiger partial charge in [0.05, 0.1) is 26.1 Å². The van der Waals surface area contributed by atoms with Crippen molar-refractivity contribution in [2.24, 2.45) is 5.84 Å². The van der Waals surface area contributed by atoms with Crippen LogP contribution in [0.3, 0.4) is 0 Å². The highest BCUT2D eigenvalue weighted by Crippen LogP contribution is 2.26. The van der Waals surface area contributed by atoms with Crippen LogP contribution in [0.15, 0.2) is 36.5 Å². The lowest BCUT2D eigenvalue weighted by Crippen LogP contribution is -2.14. The van der Waals surface area contributed by atoms with Gasteiger partial charge in [-0.25, -0.2) is 4.98 Å². The van der Waals surface area contributed by atoms with E-state index in [0.717, 1.165) is 0 Å². The maximum Gasteiger partial charge on any atom is 0.274 e. The second-order valence-electron chi connectivity index (χ2n) is 4.13. The van der Waals surface area contributed by atoms with Crippen molar-refractivity contribution in [1.29, 1.82) is 0 Å². The Kier molecular flexibility index (Phi) is 4.57. The van der Waals surface area contributed by atoms with E-state index in [2.05, 4.69) is 15.7 Å². The number of amides is 1. The van der Waals surface area contributed by atoms with Gasteiger partial charge < -0.3 is 20.2 Å². The molecule has 0 radical (unpaired) electrons. The monoisotopic (exact) mass is 288 g/mol. The van der Waals surface area contributed by atoms with E-state index in [1.54, 1.807) is 44.6 Å². The van der Waals surface area contributed by atoms with Crippen molar-refractivity contribution in [3.63, 3.8) is 0 Å². The molecule has 0 saturated carbocycles. The fourth-order valence-corrected chi connectivity index (χ4v) is 1.69. The van der Waals surface area contributed by atoms with Crippen molar-refractivity contribution in [3.05, 3.63) is 42.2 Å². The van der Waals surface area contributed by atoms with Gasteiger partial charge in [0.2, 0.25) is 0 Å². The minimum absolute atomic E-state index is 0.274. The van der Waals surface area contributed by atoms with Gasteiger partial charge >= 0.3 is 0 Å². The molecule has 7 heteroatoms. The van der Waals surface area contributed by atoms with E-state index >= 15 is 0 Å². The summed E-state index contributed by atoms with van der Waals surface area (Å²) in [5.74, 6) is 6.07. The summed E-state index contributed by atoms with van der Waals surface area (Å²) >= 11 is 0. The van der Waals surface area contributed by atoms with Crippen molar-refractivity contribution in [1.82, 2.24) is 4.98 Å². The van der Waals surface area contributed by atoms with E-state index in [-0.39, 0.29) is 11.6 Å². The van der Waals surface area contributed by atoms with Gasteiger partial charge in [0, 0.05) is 23.9 Å². The molecule has 1 aromatic carbocycles. The molecule has 0 spiro atoms. The summed E-state index contributed by atoms with van der Waals surface area (Å²) in [5, 5.41) is 2.73. The van der Waals surface area contributed by atoms with Crippen molar-refractivity contribution < 1.29 is 14.3 Å². The fourth-order valence-electron chi connectivity index (χ4n) is 1.69. The molecule has 2 aromatic rings. The van der Waals surface area contributed by atoms with Crippen LogP contribution in [0.4, 0.5) is 11.4 Å². The summed E-state index contributed by atoms with van der Waals surface area (Å²) in [4.78, 5) is 16.1. The van der Waals surface area contributed by atoms with E-state index in [1.807, 2.05) is 0 Å². The lowest BCUT2D eigenvalue weighted by molar-refractivity contribution is 0.102. The zero-order chi connectivity index (χ0) is 15.2. The largest absolute Gasteiger partial charge is 0.497 e. The quantitative estimate of drug-likeness (QED) is 0.571. The van der Waals surface area contributed by atoms with E-state index in [1.165, 1.54) is 6.20 Å². The van der Waals surface area contributed by atoms with Crippen molar-refractivity contribution in [3.8, 4) is 11.5 Å². The summed E-state index contributed by atoms with van der Waals surface area (Å²) in [6, 6.07) is 8.33. The molecule has 110 valence electrons. The number of nitrogens with two attached hydrogens (primary N) is 1. The average molecular weight is 288 g/mol. The molecule has 7 nitrogen and oxygen atoms in total. The van der Waals surface area contributed by atoms with Crippen LogP contribution in [0, 0.1) is 0 Å². The Bertz CT molecular complexity index is 606. The highest BCUT2D eigenvalue weighted by atomic mass is 16.5. The number of hydrogen-bond acceptors (Lipinski definition) is 6. The molecule has 0 bridgehead atoms. The van der Waals surface area contributed by atoms with Crippen LogP contribution in [0.1, 0.15) is 10.5 Å². The molecule has 0 saturated heterocycles. The Morgan fingerprint density at radius 2 is 1.76 bits per heavy atom. The maximum absolute atomic E-state index is 12.1. The topological polar surface area (TPSA) is 98.5 Å². The number of nitrogens with zero attached hydrogens (tertiary/aromatic N) is 1. The van der Waals surface area contributed by atoms with Crippen molar-refractivity contribution in [2.45, 2.75) is 0 Å². The molecule has 0 aliphatic heterocycles. The maximum atomic E-state index is 12.1. The molecule has 0 unspecified atom stereocenters. The first-order chi connectivity index (χ1) is 10.2. The Labute approximate surface area is 122 Å². The van der Waals surface area contributed by atoms with Crippen LogP contribution in [-0.4, -0.2) is 25.1 Å². The molecule has 1 amide bonds. The van der Waals surface area contributed by atoms with Gasteiger partial charge in [0.15, 0.2) is 0 Å². The highest BCUT2D eigenvalue weighted by molar-refractivity contribution is 6.03. The number of methoxy groups -OCH3 is 2. The minimum Gasteiger partial charge on any atom is -0.497 e. The molecular formula is C14H16N4O3. The highest BCUT2D eigenvalue weighted by Gasteiger charge is 2.09. The van der Waals surface area contributed by atoms with Gasteiger partial charge in [-0.3, -0.25) is 10.6 Å². The van der Waals surface area contributed by atoms with Gasteiger partial charge in [-0.15, -0.1) is 0 Å². The van der Waals surface area contributed by atoms with Crippen LogP contribution in [0.2, 0.25) is 0 Å². The molecular weight excluding hydrogens is 272 g/mol. The SMILES string of the molecule is COc1cc(NC(=O)c2ccc(NN)cn2)cc(OC)c1. The standard InChI is InChI=1S/C14H16N4O3/c1-20-11-5-10(6-12(7-11)21-2)17-14(19)13-4-3-9(18-15)8-16-13/h3-8,18H,15H2,1-2H3,(H,17,19). The van der Waals surface area contributed by atoms with E-state index in [9.17, 15) is 4.79 Å². The van der Waals surface area contributed by atoms with Crippen molar-refractivity contribution in [2.75, 3.05) is 25.0 Å². The van der Waals surface area contributed by atoms with Crippen LogP contribution in [0.25, 0.3) is 0 Å². The molecule has 2 rings (SSSR count). The number of nitrogens with one attached hydrogen (secondary N) is 2. The van der Waals surface area contributed by atoms with Gasteiger partial charge in [0.1, 0.15) is 17.2 Å². The Balaban J connectivity index is 2.18. The number of carbonyl (C=O) groups is 1. The molecule has 4 N–H and O–H groups in total. The second kappa shape index (κ2) is 6.58. The number of nitrogen functional groups attached to an aromatic ring is 1. The van der Waals surface area contributed by atoms with E-state index in [0.29, 0.717) is 22.9 Å². The molecule has 0 aliphatic carbocycles. The predicted molar refractivity (Wildman–Crippen MR) is 79.5 cm³/mol. The number of ether oxygens (including phenoxy) is 2. The number of pyridine rings is 1. The Morgan fingerprint density at radius 1 is 1.10 bits per heavy atom. The Morgan fingerprint density at radius 3 is 2.24 bits per heavy atom. The first-order valence-electron chi connectivity index (χ1n) is 6.13.